The fraction of sp³-hybridized carbons (Fsp3) is 0.857. The fourth-order valence-corrected chi connectivity index (χ4v) is 2.47. The van der Waals surface area contributed by atoms with Crippen molar-refractivity contribution in [2.75, 3.05) is 6.61 Å². The predicted molar refractivity (Wildman–Crippen MR) is 101 cm³/mol. The molecule has 0 unspecified atom stereocenters. The zero-order chi connectivity index (χ0) is 17.2. The van der Waals surface area contributed by atoms with E-state index in [9.17, 15) is 4.79 Å². The Kier molecular flexibility index (Phi) is 17.0. The first-order chi connectivity index (χ1) is 11.2. The van der Waals surface area contributed by atoms with Crippen LogP contribution >= 0.6 is 0 Å². The second kappa shape index (κ2) is 17.6. The zero-order valence-corrected chi connectivity index (χ0v) is 15.9. The lowest BCUT2D eigenvalue weighted by Gasteiger charge is -2.06. The van der Waals surface area contributed by atoms with E-state index in [1.165, 1.54) is 57.8 Å². The summed E-state index contributed by atoms with van der Waals surface area (Å²) < 4.78 is 5.21. The minimum Gasteiger partial charge on any atom is -0.466 e. The predicted octanol–water partition coefficient (Wildman–Crippen LogP) is 6.83. The number of hydrogen-bond donors (Lipinski definition) is 0. The van der Waals surface area contributed by atoms with Gasteiger partial charge in [-0.1, -0.05) is 71.4 Å². The minimum atomic E-state index is -0.0170. The van der Waals surface area contributed by atoms with Crippen LogP contribution in [0.1, 0.15) is 104 Å². The van der Waals surface area contributed by atoms with Crippen molar-refractivity contribution < 1.29 is 9.53 Å². The summed E-state index contributed by atoms with van der Waals surface area (Å²) >= 11 is 0. The molecule has 0 bridgehead atoms. The summed E-state index contributed by atoms with van der Waals surface area (Å²) in [5.74, 6) is 0.588. The molecule has 0 saturated carbocycles. The molecule has 0 fully saturated rings. The molecule has 0 rings (SSSR count). The Hall–Kier alpha value is -0.790. The average molecular weight is 325 g/mol. The first-order valence-corrected chi connectivity index (χ1v) is 9.97. The van der Waals surface area contributed by atoms with Crippen LogP contribution < -0.4 is 0 Å². The van der Waals surface area contributed by atoms with Crippen molar-refractivity contribution in [1.29, 1.82) is 0 Å². The van der Waals surface area contributed by atoms with Crippen LogP contribution in [0.3, 0.4) is 0 Å². The first-order valence-electron chi connectivity index (χ1n) is 9.97. The van der Waals surface area contributed by atoms with E-state index in [2.05, 4.69) is 32.9 Å². The maximum Gasteiger partial charge on any atom is 0.305 e. The van der Waals surface area contributed by atoms with Gasteiger partial charge in [-0.25, -0.2) is 0 Å². The molecule has 23 heavy (non-hydrogen) atoms. The molecule has 0 aliphatic heterocycles. The largest absolute Gasteiger partial charge is 0.466 e. The molecule has 0 spiro atoms. The third kappa shape index (κ3) is 19.2. The lowest BCUT2D eigenvalue weighted by atomic mass is 10.1. The second-order valence-corrected chi connectivity index (χ2v) is 7.03. The van der Waals surface area contributed by atoms with E-state index >= 15 is 0 Å². The Balaban J connectivity index is 3.21. The number of unbranched alkanes of at least 4 members (excludes halogenated alkanes) is 9. The van der Waals surface area contributed by atoms with Crippen LogP contribution in [0.15, 0.2) is 12.2 Å². The van der Waals surface area contributed by atoms with E-state index in [1.807, 2.05) is 0 Å². The maximum absolute atomic E-state index is 11.5. The van der Waals surface area contributed by atoms with Crippen molar-refractivity contribution >= 4 is 5.97 Å². The van der Waals surface area contributed by atoms with Crippen LogP contribution in [0.4, 0.5) is 0 Å². The van der Waals surface area contributed by atoms with Crippen molar-refractivity contribution in [3.8, 4) is 0 Å². The van der Waals surface area contributed by atoms with Gasteiger partial charge in [-0.2, -0.15) is 0 Å². The van der Waals surface area contributed by atoms with Crippen molar-refractivity contribution in [2.24, 2.45) is 5.92 Å². The summed E-state index contributed by atoms with van der Waals surface area (Å²) in [5.41, 5.74) is 0. The van der Waals surface area contributed by atoms with Gasteiger partial charge in [0.25, 0.3) is 0 Å². The van der Waals surface area contributed by atoms with E-state index in [4.69, 9.17) is 4.74 Å². The number of ether oxygens (including phenoxy) is 1. The highest BCUT2D eigenvalue weighted by atomic mass is 16.5. The molecule has 2 nitrogen and oxygen atoms in total. The Morgan fingerprint density at radius 1 is 0.870 bits per heavy atom. The van der Waals surface area contributed by atoms with Gasteiger partial charge in [0.15, 0.2) is 0 Å². The highest BCUT2D eigenvalue weighted by Crippen LogP contribution is 2.09. The SMILES string of the molecule is CCCCCC/C=C\CCCCCCCC(=O)OCCC(C)C. The Morgan fingerprint density at radius 2 is 1.43 bits per heavy atom. The van der Waals surface area contributed by atoms with Crippen molar-refractivity contribution in [1.82, 2.24) is 0 Å². The highest BCUT2D eigenvalue weighted by molar-refractivity contribution is 5.69. The lowest BCUT2D eigenvalue weighted by Crippen LogP contribution is -2.07. The molecule has 2 heteroatoms. The van der Waals surface area contributed by atoms with Gasteiger partial charge in [-0.3, -0.25) is 4.79 Å². The van der Waals surface area contributed by atoms with Gasteiger partial charge < -0.3 is 4.74 Å². The van der Waals surface area contributed by atoms with Gasteiger partial charge >= 0.3 is 5.97 Å². The summed E-state index contributed by atoms with van der Waals surface area (Å²) in [6.07, 6.45) is 20.1. The molecule has 0 saturated heterocycles. The van der Waals surface area contributed by atoms with Gasteiger partial charge in [-0.15, -0.1) is 0 Å². The van der Waals surface area contributed by atoms with Crippen LogP contribution in [-0.2, 0) is 9.53 Å². The van der Waals surface area contributed by atoms with E-state index in [1.54, 1.807) is 0 Å². The molecule has 0 amide bonds. The van der Waals surface area contributed by atoms with Crippen molar-refractivity contribution in [3.05, 3.63) is 12.2 Å². The molecule has 0 aromatic heterocycles. The van der Waals surface area contributed by atoms with Gasteiger partial charge in [0.05, 0.1) is 6.61 Å². The number of rotatable bonds is 16. The quantitative estimate of drug-likeness (QED) is 0.177. The van der Waals surface area contributed by atoms with E-state index in [-0.39, 0.29) is 5.97 Å². The number of carbonyl (C=O) groups is 1. The zero-order valence-electron chi connectivity index (χ0n) is 15.9. The van der Waals surface area contributed by atoms with Gasteiger partial charge in [0, 0.05) is 6.42 Å². The standard InChI is InChI=1S/C21H40O2/c1-4-5-6-7-8-9-10-11-12-13-14-15-16-17-21(22)23-19-18-20(2)3/h9-10,20H,4-8,11-19H2,1-3H3/b10-9-. The summed E-state index contributed by atoms with van der Waals surface area (Å²) in [4.78, 5) is 11.5. The summed E-state index contributed by atoms with van der Waals surface area (Å²) in [7, 11) is 0. The fourth-order valence-electron chi connectivity index (χ4n) is 2.47. The van der Waals surface area contributed by atoms with Gasteiger partial charge in [0.2, 0.25) is 0 Å². The smallest absolute Gasteiger partial charge is 0.305 e. The summed E-state index contributed by atoms with van der Waals surface area (Å²) in [6.45, 7) is 7.14. The van der Waals surface area contributed by atoms with E-state index in [0.29, 0.717) is 18.9 Å². The normalized spacial score (nSPS) is 11.5. The van der Waals surface area contributed by atoms with Crippen molar-refractivity contribution in [3.63, 3.8) is 0 Å². The molecule has 136 valence electrons. The molecular formula is C21H40O2. The molecule has 0 aromatic carbocycles. The summed E-state index contributed by atoms with van der Waals surface area (Å²) in [5, 5.41) is 0. The molecule has 0 heterocycles. The van der Waals surface area contributed by atoms with Crippen LogP contribution in [-0.4, -0.2) is 12.6 Å². The maximum atomic E-state index is 11.5. The number of allylic oxidation sites excluding steroid dienone is 2. The average Bonchev–Trinajstić information content (AvgIpc) is 2.51. The van der Waals surface area contributed by atoms with E-state index in [0.717, 1.165) is 19.3 Å². The second-order valence-electron chi connectivity index (χ2n) is 7.03. The van der Waals surface area contributed by atoms with Gasteiger partial charge in [0.1, 0.15) is 0 Å². The third-order valence-corrected chi connectivity index (χ3v) is 4.10. The van der Waals surface area contributed by atoms with Crippen LogP contribution in [0.2, 0.25) is 0 Å². The third-order valence-electron chi connectivity index (χ3n) is 4.10. The Labute approximate surface area is 145 Å². The lowest BCUT2D eigenvalue weighted by molar-refractivity contribution is -0.144. The van der Waals surface area contributed by atoms with Gasteiger partial charge in [-0.05, 0) is 44.4 Å². The van der Waals surface area contributed by atoms with Crippen LogP contribution in [0.5, 0.6) is 0 Å². The molecule has 0 aliphatic rings. The van der Waals surface area contributed by atoms with Crippen molar-refractivity contribution in [2.45, 2.75) is 104 Å². The molecule has 0 atom stereocenters. The van der Waals surface area contributed by atoms with Crippen LogP contribution in [0.25, 0.3) is 0 Å². The minimum absolute atomic E-state index is 0.0170. The Bertz CT molecular complexity index is 282. The number of hydrogen-bond acceptors (Lipinski definition) is 2. The molecule has 0 aromatic rings. The van der Waals surface area contributed by atoms with Crippen LogP contribution in [0, 0.1) is 5.92 Å². The van der Waals surface area contributed by atoms with E-state index < -0.39 is 0 Å². The monoisotopic (exact) mass is 324 g/mol. The molecule has 0 N–H and O–H groups in total. The molecule has 0 radical (unpaired) electrons. The number of esters is 1. The number of carbonyl (C=O) groups excluding carboxylic acids is 1. The first kappa shape index (κ1) is 22.2. The summed E-state index contributed by atoms with van der Waals surface area (Å²) in [6, 6.07) is 0. The topological polar surface area (TPSA) is 26.3 Å². The highest BCUT2D eigenvalue weighted by Gasteiger charge is 2.03. The Morgan fingerprint density at radius 3 is 2.04 bits per heavy atom. The molecular weight excluding hydrogens is 284 g/mol. The molecule has 0 aliphatic carbocycles.